The van der Waals surface area contributed by atoms with Crippen LogP contribution in [0.4, 0.5) is 8.78 Å². The lowest BCUT2D eigenvalue weighted by molar-refractivity contribution is 0.590. The maximum Gasteiger partial charge on any atom is 0.202 e. The van der Waals surface area contributed by atoms with Crippen LogP contribution < -0.4 is 5.43 Å². The normalized spacial score (nSPS) is 10.8. The lowest BCUT2D eigenvalue weighted by Crippen LogP contribution is -2.07. The van der Waals surface area contributed by atoms with Gasteiger partial charge < -0.3 is 4.98 Å². The van der Waals surface area contributed by atoms with Crippen molar-refractivity contribution in [2.75, 3.05) is 0 Å². The van der Waals surface area contributed by atoms with Crippen molar-refractivity contribution in [3.8, 4) is 0 Å². The molecule has 0 atom stereocenters. The van der Waals surface area contributed by atoms with E-state index < -0.39 is 11.6 Å². The Kier molecular flexibility index (Phi) is 2.26. The number of rotatable bonds is 0. The zero-order valence-corrected chi connectivity index (χ0v) is 8.93. The summed E-state index contributed by atoms with van der Waals surface area (Å²) in [6, 6.07) is 1.77. The van der Waals surface area contributed by atoms with Gasteiger partial charge in [-0.15, -0.1) is 0 Å². The van der Waals surface area contributed by atoms with Gasteiger partial charge in [-0.25, -0.2) is 8.78 Å². The lowest BCUT2D eigenvalue weighted by atomic mass is 10.2. The lowest BCUT2D eigenvalue weighted by Gasteiger charge is -1.99. The third-order valence-electron chi connectivity index (χ3n) is 1.86. The number of halogens is 3. The number of hydrogen-bond donors (Lipinski definition) is 1. The molecule has 0 bridgehead atoms. The van der Waals surface area contributed by atoms with E-state index in [4.69, 9.17) is 0 Å². The zero-order chi connectivity index (χ0) is 10.3. The molecule has 0 unspecified atom stereocenters. The molecular formula is C9H4F2INO. The van der Waals surface area contributed by atoms with Gasteiger partial charge in [0.1, 0.15) is 11.6 Å². The quantitative estimate of drug-likeness (QED) is 0.745. The van der Waals surface area contributed by atoms with Crippen LogP contribution in [0.25, 0.3) is 10.9 Å². The molecule has 0 fully saturated rings. The summed E-state index contributed by atoms with van der Waals surface area (Å²) in [7, 11) is 0. The Bertz CT molecular complexity index is 564. The van der Waals surface area contributed by atoms with Crippen LogP contribution in [-0.4, -0.2) is 4.98 Å². The SMILES string of the molecule is O=c1c(I)c[nH]c2c(F)cc(F)cc12. The molecule has 0 aliphatic carbocycles. The standard InChI is InChI=1S/C9H4F2INO/c10-4-1-5-8(6(11)2-4)13-3-7(12)9(5)14/h1-3H,(H,13,14). The topological polar surface area (TPSA) is 32.9 Å². The van der Waals surface area contributed by atoms with E-state index in [1.54, 1.807) is 0 Å². The molecule has 0 spiro atoms. The monoisotopic (exact) mass is 307 g/mol. The molecule has 1 aromatic heterocycles. The Morgan fingerprint density at radius 2 is 2.00 bits per heavy atom. The molecule has 14 heavy (non-hydrogen) atoms. The predicted molar refractivity (Wildman–Crippen MR) is 57.2 cm³/mol. The summed E-state index contributed by atoms with van der Waals surface area (Å²) in [6.07, 6.45) is 1.40. The van der Waals surface area contributed by atoms with Crippen molar-refractivity contribution in [1.82, 2.24) is 4.98 Å². The van der Waals surface area contributed by atoms with Gasteiger partial charge in [0.2, 0.25) is 5.43 Å². The summed E-state index contributed by atoms with van der Waals surface area (Å²) in [5.41, 5.74) is -0.324. The maximum absolute atomic E-state index is 13.1. The van der Waals surface area contributed by atoms with E-state index >= 15 is 0 Å². The molecule has 0 aliphatic heterocycles. The average Bonchev–Trinajstić information content (AvgIpc) is 2.12. The van der Waals surface area contributed by atoms with Crippen molar-refractivity contribution < 1.29 is 8.78 Å². The van der Waals surface area contributed by atoms with Gasteiger partial charge in [0, 0.05) is 12.3 Å². The third kappa shape index (κ3) is 1.41. The molecule has 0 radical (unpaired) electrons. The van der Waals surface area contributed by atoms with Gasteiger partial charge in [-0.05, 0) is 28.7 Å². The highest BCUT2D eigenvalue weighted by atomic mass is 127. The highest BCUT2D eigenvalue weighted by molar-refractivity contribution is 14.1. The predicted octanol–water partition coefficient (Wildman–Crippen LogP) is 2.41. The smallest absolute Gasteiger partial charge is 0.202 e. The van der Waals surface area contributed by atoms with Crippen molar-refractivity contribution >= 4 is 33.5 Å². The van der Waals surface area contributed by atoms with Gasteiger partial charge in [0.05, 0.1) is 14.5 Å². The van der Waals surface area contributed by atoms with Crippen molar-refractivity contribution in [2.24, 2.45) is 0 Å². The van der Waals surface area contributed by atoms with Gasteiger partial charge in [0.25, 0.3) is 0 Å². The molecule has 5 heteroatoms. The van der Waals surface area contributed by atoms with E-state index in [-0.39, 0.29) is 16.3 Å². The fourth-order valence-electron chi connectivity index (χ4n) is 1.23. The van der Waals surface area contributed by atoms with Crippen LogP contribution in [0.2, 0.25) is 0 Å². The first-order valence-electron chi connectivity index (χ1n) is 3.75. The number of aromatic amines is 1. The zero-order valence-electron chi connectivity index (χ0n) is 6.77. The summed E-state index contributed by atoms with van der Waals surface area (Å²) in [4.78, 5) is 14.1. The highest BCUT2D eigenvalue weighted by Gasteiger charge is 2.08. The van der Waals surface area contributed by atoms with E-state index in [1.165, 1.54) is 6.20 Å². The van der Waals surface area contributed by atoms with Crippen LogP contribution in [0.15, 0.2) is 23.1 Å². The number of pyridine rings is 1. The molecule has 0 saturated carbocycles. The van der Waals surface area contributed by atoms with Crippen LogP contribution in [-0.2, 0) is 0 Å². The largest absolute Gasteiger partial charge is 0.358 e. The summed E-state index contributed by atoms with van der Waals surface area (Å²) in [6.45, 7) is 0. The molecule has 1 aromatic carbocycles. The van der Waals surface area contributed by atoms with E-state index in [2.05, 4.69) is 4.98 Å². The molecule has 0 saturated heterocycles. The number of hydrogen-bond acceptors (Lipinski definition) is 1. The molecule has 2 rings (SSSR count). The molecule has 0 amide bonds. The van der Waals surface area contributed by atoms with Gasteiger partial charge in [0.15, 0.2) is 0 Å². The Balaban J connectivity index is 3.03. The Hall–Kier alpha value is -0.980. The summed E-state index contributed by atoms with van der Waals surface area (Å²) < 4.78 is 26.4. The van der Waals surface area contributed by atoms with Crippen LogP contribution in [0, 0.1) is 15.2 Å². The van der Waals surface area contributed by atoms with Crippen molar-refractivity contribution in [3.05, 3.63) is 43.8 Å². The fourth-order valence-corrected chi connectivity index (χ4v) is 1.68. The Morgan fingerprint density at radius 3 is 2.71 bits per heavy atom. The number of H-pyrrole nitrogens is 1. The molecule has 1 heterocycles. The first kappa shape index (κ1) is 9.57. The minimum absolute atomic E-state index is 0.0365. The van der Waals surface area contributed by atoms with Crippen molar-refractivity contribution in [1.29, 1.82) is 0 Å². The summed E-state index contributed by atoms with van der Waals surface area (Å²) >= 11 is 1.81. The minimum Gasteiger partial charge on any atom is -0.358 e. The second-order valence-corrected chi connectivity index (χ2v) is 3.94. The maximum atomic E-state index is 13.1. The molecule has 1 N–H and O–H groups in total. The summed E-state index contributed by atoms with van der Waals surface area (Å²) in [5, 5.41) is 0.0365. The number of fused-ring (bicyclic) bond motifs is 1. The van der Waals surface area contributed by atoms with Gasteiger partial charge in [-0.1, -0.05) is 0 Å². The Labute approximate surface area is 91.1 Å². The second-order valence-electron chi connectivity index (χ2n) is 2.78. The average molecular weight is 307 g/mol. The van der Waals surface area contributed by atoms with Gasteiger partial charge in [-0.2, -0.15) is 0 Å². The van der Waals surface area contributed by atoms with Gasteiger partial charge in [-0.3, -0.25) is 4.79 Å². The molecule has 72 valence electrons. The van der Waals surface area contributed by atoms with Crippen LogP contribution in [0.1, 0.15) is 0 Å². The number of nitrogens with one attached hydrogen (secondary N) is 1. The minimum atomic E-state index is -0.756. The molecule has 2 aromatic rings. The fraction of sp³-hybridized carbons (Fsp3) is 0. The second kappa shape index (κ2) is 3.30. The van der Waals surface area contributed by atoms with E-state index in [0.29, 0.717) is 3.57 Å². The van der Waals surface area contributed by atoms with E-state index in [1.807, 2.05) is 22.6 Å². The van der Waals surface area contributed by atoms with Gasteiger partial charge >= 0.3 is 0 Å². The van der Waals surface area contributed by atoms with E-state index in [0.717, 1.165) is 12.1 Å². The van der Waals surface area contributed by atoms with Crippen LogP contribution in [0.3, 0.4) is 0 Å². The number of aromatic nitrogens is 1. The highest BCUT2D eigenvalue weighted by Crippen LogP contribution is 2.15. The van der Waals surface area contributed by atoms with Crippen LogP contribution >= 0.6 is 22.6 Å². The first-order chi connectivity index (χ1) is 6.59. The number of benzene rings is 1. The molecule has 2 nitrogen and oxygen atoms in total. The first-order valence-corrected chi connectivity index (χ1v) is 4.83. The van der Waals surface area contributed by atoms with Crippen LogP contribution in [0.5, 0.6) is 0 Å². The summed E-state index contributed by atoms with van der Waals surface area (Å²) in [5.74, 6) is -1.50. The molecular weight excluding hydrogens is 303 g/mol. The Morgan fingerprint density at radius 1 is 1.29 bits per heavy atom. The van der Waals surface area contributed by atoms with Crippen molar-refractivity contribution in [2.45, 2.75) is 0 Å². The van der Waals surface area contributed by atoms with E-state index in [9.17, 15) is 13.6 Å². The van der Waals surface area contributed by atoms with Crippen molar-refractivity contribution in [3.63, 3.8) is 0 Å². The molecule has 0 aliphatic rings. The third-order valence-corrected chi connectivity index (χ3v) is 2.66.